The number of amides is 6. The van der Waals surface area contributed by atoms with Gasteiger partial charge in [-0.3, -0.25) is 57.5 Å². The predicted molar refractivity (Wildman–Crippen MR) is 326 cm³/mol. The maximum Gasteiger partial charge on any atom is 0.325 e. The minimum absolute atomic E-state index is 0.0166. The van der Waals surface area contributed by atoms with E-state index in [0.717, 1.165) is 0 Å². The standard InChI is InChI=1S/C66H60N6O18/c1-31(61(79)80)67-55(73)43-19-7-37(8-20-43)49-50(38-9-21-44(22-10-38)56(74)68-32(2)62(81)82)52(40-13-25-46(26-14-40)58(76)70-34(4)64(85)86)54(42-17-29-48(30-18-42)60(78)72-36(6)66(89)90)53(41-15-27-47(28-16-41)59(77)71-35(5)65(87)88)51(49)39-11-23-45(24-12-39)57(75)69-33(3)63(83)84/h7-36H,1-6H3,(H,67,73)(H,68,74)(H,69,75)(H,70,76)(H,71,77)(H,72,78)(H,79,80)(H,81,82)(H,83,84)(H,85,86)(H,87,88)(H,89,90)/t31-,32-,33-,34-,35-,36-/m0/s1. The molecule has 7 aromatic carbocycles. The Morgan fingerprint density at radius 3 is 0.400 bits per heavy atom. The number of carbonyl (C=O) groups excluding carboxylic acids is 6. The molecule has 90 heavy (non-hydrogen) atoms. The van der Waals surface area contributed by atoms with Gasteiger partial charge in [0.05, 0.1) is 0 Å². The van der Waals surface area contributed by atoms with E-state index < -0.39 is 108 Å². The van der Waals surface area contributed by atoms with E-state index in [1.807, 2.05) is 0 Å². The Labute approximate surface area is 513 Å². The summed E-state index contributed by atoms with van der Waals surface area (Å²) >= 11 is 0. The minimum Gasteiger partial charge on any atom is -0.480 e. The van der Waals surface area contributed by atoms with Crippen LogP contribution in [0.15, 0.2) is 146 Å². The first-order valence-electron chi connectivity index (χ1n) is 27.6. The predicted octanol–water partition coefficient (Wildman–Crippen LogP) is 6.91. The average Bonchev–Trinajstić information content (AvgIpc) is 0.717. The number of carbonyl (C=O) groups is 12. The van der Waals surface area contributed by atoms with E-state index in [2.05, 4.69) is 31.9 Å². The van der Waals surface area contributed by atoms with Gasteiger partial charge in [-0.25, -0.2) is 0 Å². The monoisotopic (exact) mass is 1220 g/mol. The van der Waals surface area contributed by atoms with Gasteiger partial charge < -0.3 is 62.5 Å². The van der Waals surface area contributed by atoms with Crippen LogP contribution in [0.4, 0.5) is 0 Å². The Balaban J connectivity index is 1.73. The zero-order valence-electron chi connectivity index (χ0n) is 48.9. The first-order chi connectivity index (χ1) is 42.6. The number of aliphatic carboxylic acids is 6. The molecule has 6 atom stereocenters. The number of benzene rings is 7. The molecule has 0 fully saturated rings. The van der Waals surface area contributed by atoms with Gasteiger partial charge in [-0.1, -0.05) is 72.8 Å². The van der Waals surface area contributed by atoms with Crippen LogP contribution in [0, 0.1) is 0 Å². The van der Waals surface area contributed by atoms with Gasteiger partial charge in [0.15, 0.2) is 0 Å². The molecule has 0 aliphatic carbocycles. The third kappa shape index (κ3) is 15.2. The van der Waals surface area contributed by atoms with E-state index in [1.54, 1.807) is 72.8 Å². The molecule has 0 aliphatic rings. The van der Waals surface area contributed by atoms with Crippen molar-refractivity contribution >= 4 is 71.3 Å². The summed E-state index contributed by atoms with van der Waals surface area (Å²) in [6, 6.07) is 28.1. The zero-order valence-corrected chi connectivity index (χ0v) is 48.9. The van der Waals surface area contributed by atoms with Crippen LogP contribution in [0.25, 0.3) is 66.8 Å². The Morgan fingerprint density at radius 2 is 0.311 bits per heavy atom. The normalized spacial score (nSPS) is 12.9. The van der Waals surface area contributed by atoms with Crippen molar-refractivity contribution in [1.82, 2.24) is 31.9 Å². The van der Waals surface area contributed by atoms with Crippen molar-refractivity contribution in [1.29, 1.82) is 0 Å². The van der Waals surface area contributed by atoms with Gasteiger partial charge in [0.1, 0.15) is 36.3 Å². The molecule has 24 nitrogen and oxygen atoms in total. The van der Waals surface area contributed by atoms with Crippen LogP contribution in [0.3, 0.4) is 0 Å². The minimum atomic E-state index is -1.31. The van der Waals surface area contributed by atoms with Crippen LogP contribution in [0.1, 0.15) is 104 Å². The van der Waals surface area contributed by atoms with Crippen LogP contribution >= 0.6 is 0 Å². The molecule has 24 heteroatoms. The lowest BCUT2D eigenvalue weighted by atomic mass is 9.74. The first-order valence-corrected chi connectivity index (χ1v) is 27.6. The summed E-state index contributed by atoms with van der Waals surface area (Å²) in [6.07, 6.45) is 0. The lowest BCUT2D eigenvalue weighted by molar-refractivity contribution is -0.139. The van der Waals surface area contributed by atoms with Crippen molar-refractivity contribution in [2.75, 3.05) is 0 Å². The molecule has 0 aliphatic heterocycles. The summed E-state index contributed by atoms with van der Waals surface area (Å²) in [7, 11) is 0. The average molecular weight is 1230 g/mol. The SMILES string of the molecule is C[C@H](NC(=O)c1ccc(-c2c(-c3ccc(C(=O)N[C@@H](C)C(=O)O)cc3)c(-c3ccc(C(=O)N[C@@H](C)C(=O)O)cc3)c(-c3ccc(C(=O)N[C@@H](C)C(=O)O)cc3)c(-c3ccc(C(=O)N[C@@H](C)C(=O)O)cc3)c2-c2ccc(C(=O)N[C@@H](C)C(=O)O)cc2)cc1)C(=O)O. The van der Waals surface area contributed by atoms with E-state index in [1.165, 1.54) is 114 Å². The Kier molecular flexibility index (Phi) is 20.5. The van der Waals surface area contributed by atoms with E-state index >= 15 is 0 Å². The molecule has 0 spiro atoms. The highest BCUT2D eigenvalue weighted by molar-refractivity contribution is 6.16. The highest BCUT2D eigenvalue weighted by atomic mass is 16.4. The summed E-state index contributed by atoms with van der Waals surface area (Å²) < 4.78 is 0. The fourth-order valence-electron chi connectivity index (χ4n) is 9.26. The fourth-order valence-corrected chi connectivity index (χ4v) is 9.26. The maximum absolute atomic E-state index is 13.7. The molecular weight excluding hydrogens is 1160 g/mol. The van der Waals surface area contributed by atoms with Gasteiger partial charge in [0.2, 0.25) is 0 Å². The number of rotatable bonds is 24. The van der Waals surface area contributed by atoms with Crippen LogP contribution in [0.2, 0.25) is 0 Å². The third-order valence-electron chi connectivity index (χ3n) is 14.4. The van der Waals surface area contributed by atoms with E-state index in [0.29, 0.717) is 66.8 Å². The molecule has 462 valence electrons. The number of hydrogen-bond donors (Lipinski definition) is 12. The van der Waals surface area contributed by atoms with Gasteiger partial charge >= 0.3 is 35.8 Å². The van der Waals surface area contributed by atoms with Crippen LogP contribution in [-0.4, -0.2) is 138 Å². The number of hydrogen-bond acceptors (Lipinski definition) is 12. The summed E-state index contributed by atoms with van der Waals surface area (Å²) in [4.78, 5) is 153. The molecule has 0 saturated carbocycles. The Hall–Kier alpha value is -11.8. The van der Waals surface area contributed by atoms with Crippen molar-refractivity contribution in [3.8, 4) is 66.8 Å². The number of carboxylic acid groups (broad SMARTS) is 6. The largest absolute Gasteiger partial charge is 0.480 e. The number of carboxylic acids is 6. The molecule has 0 unspecified atom stereocenters. The van der Waals surface area contributed by atoms with Crippen molar-refractivity contribution in [3.63, 3.8) is 0 Å². The summed E-state index contributed by atoms with van der Waals surface area (Å²) in [5, 5.41) is 72.5. The smallest absolute Gasteiger partial charge is 0.325 e. The molecule has 12 N–H and O–H groups in total. The Bertz CT molecular complexity index is 3310. The molecule has 6 amide bonds. The van der Waals surface area contributed by atoms with Crippen molar-refractivity contribution in [3.05, 3.63) is 179 Å². The second kappa shape index (κ2) is 28.1. The van der Waals surface area contributed by atoms with E-state index in [4.69, 9.17) is 0 Å². The molecule has 0 aromatic heterocycles. The highest BCUT2D eigenvalue weighted by Gasteiger charge is 2.32. The number of nitrogens with one attached hydrogen (secondary N) is 6. The second-order valence-corrected chi connectivity index (χ2v) is 20.9. The van der Waals surface area contributed by atoms with Gasteiger partial charge in [-0.2, -0.15) is 0 Å². The van der Waals surface area contributed by atoms with Gasteiger partial charge in [-0.15, -0.1) is 0 Å². The summed E-state index contributed by atoms with van der Waals surface area (Å²) in [6.45, 7) is 7.63. The lowest BCUT2D eigenvalue weighted by Crippen LogP contribution is -2.38. The van der Waals surface area contributed by atoms with Crippen LogP contribution in [-0.2, 0) is 28.8 Å². The van der Waals surface area contributed by atoms with Crippen molar-refractivity contribution < 1.29 is 88.2 Å². The maximum atomic E-state index is 13.7. The first kappa shape index (κ1) is 65.7. The fraction of sp³-hybridized carbons (Fsp3) is 0.182. The van der Waals surface area contributed by atoms with Crippen molar-refractivity contribution in [2.24, 2.45) is 0 Å². The highest BCUT2D eigenvalue weighted by Crippen LogP contribution is 2.56. The quantitative estimate of drug-likeness (QED) is 0.0292. The summed E-state index contributed by atoms with van der Waals surface area (Å²) in [5.41, 5.74) is 4.01. The topological polar surface area (TPSA) is 398 Å². The van der Waals surface area contributed by atoms with E-state index in [-0.39, 0.29) is 33.4 Å². The van der Waals surface area contributed by atoms with E-state index in [9.17, 15) is 88.2 Å². The van der Waals surface area contributed by atoms with Crippen LogP contribution in [0.5, 0.6) is 0 Å². The molecule has 7 rings (SSSR count). The molecule has 7 aromatic rings. The molecule has 0 saturated heterocycles. The molecule has 0 heterocycles. The van der Waals surface area contributed by atoms with Gasteiger partial charge in [0.25, 0.3) is 35.4 Å². The van der Waals surface area contributed by atoms with Gasteiger partial charge in [-0.05, 0) is 181 Å². The zero-order chi connectivity index (χ0) is 66.0. The third-order valence-corrected chi connectivity index (χ3v) is 14.4. The molecule has 0 bridgehead atoms. The molecular formula is C66H60N6O18. The second-order valence-electron chi connectivity index (χ2n) is 20.9. The summed E-state index contributed by atoms with van der Waals surface area (Å²) in [5.74, 6) is -12.4. The van der Waals surface area contributed by atoms with Gasteiger partial charge in [0, 0.05) is 33.4 Å². The van der Waals surface area contributed by atoms with Crippen molar-refractivity contribution in [2.45, 2.75) is 77.8 Å². The van der Waals surface area contributed by atoms with Crippen LogP contribution < -0.4 is 31.9 Å². The Morgan fingerprint density at radius 1 is 0.211 bits per heavy atom. The molecule has 0 radical (unpaired) electrons. The lowest BCUT2D eigenvalue weighted by Gasteiger charge is -2.29.